The summed E-state index contributed by atoms with van der Waals surface area (Å²) < 4.78 is 5.12. The molecule has 0 aromatic carbocycles. The van der Waals surface area contributed by atoms with Gasteiger partial charge in [0, 0.05) is 13.1 Å². The monoisotopic (exact) mass is 242 g/mol. The molecule has 1 fully saturated rings. The van der Waals surface area contributed by atoms with Crippen molar-refractivity contribution >= 4 is 17.5 Å². The number of carbonyl (C=O) groups is 1. The van der Waals surface area contributed by atoms with Crippen LogP contribution in [0, 0.1) is 0 Å². The molecular weight excluding hydrogens is 228 g/mol. The van der Waals surface area contributed by atoms with Gasteiger partial charge in [-0.15, -0.1) is 0 Å². The molecule has 0 bridgehead atoms. The fraction of sp³-hybridized carbons (Fsp3) is 0.545. The largest absolute Gasteiger partial charge is 0.440 e. The van der Waals surface area contributed by atoms with Gasteiger partial charge in [0.1, 0.15) is 0 Å². The second kappa shape index (κ2) is 4.89. The maximum absolute atomic E-state index is 12.0. The first kappa shape index (κ1) is 11.5. The second-order valence-corrected chi connectivity index (χ2v) is 4.37. The van der Waals surface area contributed by atoms with Gasteiger partial charge in [0.25, 0.3) is 5.91 Å². The highest BCUT2D eigenvalue weighted by atomic mass is 35.5. The van der Waals surface area contributed by atoms with E-state index in [1.165, 1.54) is 0 Å². The number of furan rings is 1. The molecule has 1 aliphatic rings. The minimum absolute atomic E-state index is 0.0983. The molecule has 1 saturated heterocycles. The number of halogens is 1. The maximum Gasteiger partial charge on any atom is 0.289 e. The summed E-state index contributed by atoms with van der Waals surface area (Å²) in [4.78, 5) is 13.8. The fourth-order valence-corrected chi connectivity index (χ4v) is 2.11. The van der Waals surface area contributed by atoms with Crippen molar-refractivity contribution in [3.63, 3.8) is 0 Å². The Morgan fingerprint density at radius 3 is 2.75 bits per heavy atom. The molecule has 0 aliphatic carbocycles. The molecule has 1 N–H and O–H groups in total. The summed E-state index contributed by atoms with van der Waals surface area (Å²) in [6.07, 6.45) is 1.97. The van der Waals surface area contributed by atoms with Crippen LogP contribution in [0.1, 0.15) is 23.4 Å². The van der Waals surface area contributed by atoms with E-state index >= 15 is 0 Å². The maximum atomic E-state index is 12.0. The molecule has 4 nitrogen and oxygen atoms in total. The summed E-state index contributed by atoms with van der Waals surface area (Å²) in [5, 5.41) is 3.52. The van der Waals surface area contributed by atoms with Crippen LogP contribution in [0.15, 0.2) is 16.5 Å². The van der Waals surface area contributed by atoms with Gasteiger partial charge < -0.3 is 14.6 Å². The topological polar surface area (TPSA) is 45.5 Å². The molecule has 5 heteroatoms. The quantitative estimate of drug-likeness (QED) is 0.860. The van der Waals surface area contributed by atoms with E-state index in [1.54, 1.807) is 17.0 Å². The Hall–Kier alpha value is -1.00. The van der Waals surface area contributed by atoms with Crippen LogP contribution in [-0.2, 0) is 0 Å². The van der Waals surface area contributed by atoms with Crippen LogP contribution < -0.4 is 5.32 Å². The minimum atomic E-state index is -0.0983. The number of nitrogens with zero attached hydrogens (tertiary/aromatic N) is 1. The average molecular weight is 243 g/mol. The summed E-state index contributed by atoms with van der Waals surface area (Å²) in [6.45, 7) is 1.92. The lowest BCUT2D eigenvalue weighted by Crippen LogP contribution is -2.43. The molecule has 1 aliphatic heterocycles. The molecule has 0 atom stereocenters. The third-order valence-electron chi connectivity index (χ3n) is 2.96. The lowest BCUT2D eigenvalue weighted by Gasteiger charge is -2.31. The molecule has 88 valence electrons. The molecule has 1 aromatic rings. The first-order valence-electron chi connectivity index (χ1n) is 5.41. The van der Waals surface area contributed by atoms with Crippen LogP contribution in [0.3, 0.4) is 0 Å². The molecule has 0 saturated carbocycles. The van der Waals surface area contributed by atoms with Crippen molar-refractivity contribution in [2.24, 2.45) is 0 Å². The van der Waals surface area contributed by atoms with Crippen molar-refractivity contribution in [1.82, 2.24) is 10.2 Å². The fourth-order valence-electron chi connectivity index (χ4n) is 1.96. The molecule has 0 unspecified atom stereocenters. The normalized spacial score (nSPS) is 17.4. The van der Waals surface area contributed by atoms with Crippen LogP contribution >= 0.6 is 11.6 Å². The number of hydrogen-bond acceptors (Lipinski definition) is 3. The number of hydrogen-bond donors (Lipinski definition) is 1. The van der Waals surface area contributed by atoms with E-state index in [-0.39, 0.29) is 17.2 Å². The predicted molar refractivity (Wildman–Crippen MR) is 61.7 cm³/mol. The zero-order chi connectivity index (χ0) is 11.5. The summed E-state index contributed by atoms with van der Waals surface area (Å²) in [7, 11) is 1.81. The highest BCUT2D eigenvalue weighted by Crippen LogP contribution is 2.17. The van der Waals surface area contributed by atoms with Crippen LogP contribution in [0.5, 0.6) is 0 Å². The van der Waals surface area contributed by atoms with E-state index < -0.39 is 0 Å². The number of rotatable bonds is 2. The van der Waals surface area contributed by atoms with E-state index in [0.29, 0.717) is 5.76 Å². The first-order chi connectivity index (χ1) is 7.68. The average Bonchev–Trinajstić information content (AvgIpc) is 2.75. The van der Waals surface area contributed by atoms with Crippen molar-refractivity contribution in [3.8, 4) is 0 Å². The Labute approximate surface area is 99.5 Å². The van der Waals surface area contributed by atoms with Gasteiger partial charge in [0.05, 0.1) is 0 Å². The third-order valence-corrected chi connectivity index (χ3v) is 3.16. The highest BCUT2D eigenvalue weighted by molar-refractivity contribution is 6.29. The number of amides is 1. The van der Waals surface area contributed by atoms with Gasteiger partial charge in [-0.05, 0) is 49.7 Å². The van der Waals surface area contributed by atoms with Crippen molar-refractivity contribution in [1.29, 1.82) is 0 Å². The molecule has 0 radical (unpaired) electrons. The van der Waals surface area contributed by atoms with Gasteiger partial charge in [0.2, 0.25) is 0 Å². The smallest absolute Gasteiger partial charge is 0.289 e. The van der Waals surface area contributed by atoms with E-state index in [9.17, 15) is 4.79 Å². The summed E-state index contributed by atoms with van der Waals surface area (Å²) in [6, 6.07) is 3.49. The Morgan fingerprint density at radius 2 is 2.19 bits per heavy atom. The van der Waals surface area contributed by atoms with Gasteiger partial charge in [-0.25, -0.2) is 0 Å². The van der Waals surface area contributed by atoms with E-state index in [0.717, 1.165) is 25.9 Å². The predicted octanol–water partition coefficient (Wildman–Crippen LogP) is 1.76. The SMILES string of the molecule is CN(C(=O)c1ccc(Cl)o1)C1CCNCC1. The zero-order valence-corrected chi connectivity index (χ0v) is 9.96. The van der Waals surface area contributed by atoms with Crippen LogP contribution in [0.2, 0.25) is 5.22 Å². The zero-order valence-electron chi connectivity index (χ0n) is 9.20. The van der Waals surface area contributed by atoms with Crippen molar-refractivity contribution in [2.75, 3.05) is 20.1 Å². The van der Waals surface area contributed by atoms with E-state index in [2.05, 4.69) is 5.32 Å². The lowest BCUT2D eigenvalue weighted by molar-refractivity contribution is 0.0671. The Morgan fingerprint density at radius 1 is 1.50 bits per heavy atom. The van der Waals surface area contributed by atoms with Gasteiger partial charge in [-0.1, -0.05) is 0 Å². The number of carbonyl (C=O) groups excluding carboxylic acids is 1. The van der Waals surface area contributed by atoms with Gasteiger partial charge in [0.15, 0.2) is 11.0 Å². The van der Waals surface area contributed by atoms with Gasteiger partial charge in [-0.2, -0.15) is 0 Å². The van der Waals surface area contributed by atoms with Crippen LogP contribution in [0.4, 0.5) is 0 Å². The van der Waals surface area contributed by atoms with Crippen molar-refractivity contribution in [2.45, 2.75) is 18.9 Å². The minimum Gasteiger partial charge on any atom is -0.440 e. The van der Waals surface area contributed by atoms with E-state index in [1.807, 2.05) is 7.05 Å². The first-order valence-corrected chi connectivity index (χ1v) is 5.79. The molecule has 2 rings (SSSR count). The highest BCUT2D eigenvalue weighted by Gasteiger charge is 2.24. The number of piperidine rings is 1. The standard InChI is InChI=1S/C11H15ClN2O2/c1-14(8-4-6-13-7-5-8)11(15)9-2-3-10(12)16-9/h2-3,8,13H,4-7H2,1H3. The summed E-state index contributed by atoms with van der Waals surface area (Å²) >= 11 is 5.65. The van der Waals surface area contributed by atoms with Crippen molar-refractivity contribution in [3.05, 3.63) is 23.1 Å². The summed E-state index contributed by atoms with van der Waals surface area (Å²) in [5.41, 5.74) is 0. The van der Waals surface area contributed by atoms with Crippen LogP contribution in [-0.4, -0.2) is 37.0 Å². The Balaban J connectivity index is 2.03. The Kier molecular flexibility index (Phi) is 3.51. The van der Waals surface area contributed by atoms with Gasteiger partial charge in [-0.3, -0.25) is 4.79 Å². The Bertz CT molecular complexity index is 372. The molecule has 2 heterocycles. The van der Waals surface area contributed by atoms with Crippen LogP contribution in [0.25, 0.3) is 0 Å². The molecular formula is C11H15ClN2O2. The molecule has 16 heavy (non-hydrogen) atoms. The molecule has 1 aromatic heterocycles. The molecule has 0 spiro atoms. The molecule has 1 amide bonds. The van der Waals surface area contributed by atoms with Gasteiger partial charge >= 0.3 is 0 Å². The second-order valence-electron chi connectivity index (χ2n) is 4.00. The number of nitrogens with one attached hydrogen (secondary N) is 1. The van der Waals surface area contributed by atoms with Crippen molar-refractivity contribution < 1.29 is 9.21 Å². The third kappa shape index (κ3) is 2.39. The summed E-state index contributed by atoms with van der Waals surface area (Å²) in [5.74, 6) is 0.213. The lowest BCUT2D eigenvalue weighted by atomic mass is 10.1. The van der Waals surface area contributed by atoms with E-state index in [4.69, 9.17) is 16.0 Å².